The number of carboxylic acids is 1. The van der Waals surface area contributed by atoms with Crippen LogP contribution >= 0.6 is 9.39 Å². The fraction of sp³-hybridized carbons (Fsp3) is 0.923. The molecule has 0 radical (unpaired) electrons. The predicted octanol–water partition coefficient (Wildman–Crippen LogP) is 3.79. The van der Waals surface area contributed by atoms with E-state index in [4.69, 9.17) is 5.11 Å². The van der Waals surface area contributed by atoms with Crippen molar-refractivity contribution in [3.05, 3.63) is 0 Å². The Hall–Kier alpha value is -0.140. The molecule has 0 aromatic heterocycles. The second-order valence-corrected chi connectivity index (χ2v) is 4.87. The number of rotatable bonds is 8. The van der Waals surface area contributed by atoms with Crippen LogP contribution in [0.3, 0.4) is 0 Å². The zero-order chi connectivity index (χ0) is 13.8. The third-order valence-corrected chi connectivity index (χ3v) is 3.22. The van der Waals surface area contributed by atoms with Crippen molar-refractivity contribution in [2.24, 2.45) is 5.92 Å². The van der Waals surface area contributed by atoms with Gasteiger partial charge in [-0.1, -0.05) is 56.9 Å². The van der Waals surface area contributed by atoms with E-state index in [-0.39, 0.29) is 6.04 Å². The first kappa shape index (κ1) is 19.2. The lowest BCUT2D eigenvalue weighted by molar-refractivity contribution is -0.141. The topological polar surface area (TPSA) is 40.5 Å². The van der Waals surface area contributed by atoms with Crippen LogP contribution in [0.15, 0.2) is 0 Å². The minimum Gasteiger partial charge on any atom is -0.480 e. The molecule has 0 saturated heterocycles. The zero-order valence-electron chi connectivity index (χ0n) is 12.1. The van der Waals surface area contributed by atoms with Gasteiger partial charge in [-0.3, -0.25) is 9.46 Å². The van der Waals surface area contributed by atoms with Gasteiger partial charge in [-0.05, 0) is 18.8 Å². The van der Waals surface area contributed by atoms with Crippen molar-refractivity contribution in [3.8, 4) is 0 Å². The number of aliphatic carboxylic acids is 1. The summed E-state index contributed by atoms with van der Waals surface area (Å²) in [4.78, 5) is 10.9. The summed E-state index contributed by atoms with van der Waals surface area (Å²) >= 11 is 0. The van der Waals surface area contributed by atoms with E-state index in [1.807, 2.05) is 25.4 Å². The molecular formula is C13H30NO2P. The monoisotopic (exact) mass is 263 g/mol. The van der Waals surface area contributed by atoms with Gasteiger partial charge in [0.25, 0.3) is 0 Å². The first-order valence-electron chi connectivity index (χ1n) is 6.77. The van der Waals surface area contributed by atoms with E-state index in [1.165, 1.54) is 19.3 Å². The molecule has 3 atom stereocenters. The molecule has 0 amide bonds. The molecular weight excluding hydrogens is 233 g/mol. The highest BCUT2D eigenvalue weighted by atomic mass is 31.0. The Morgan fingerprint density at radius 2 is 1.88 bits per heavy atom. The zero-order valence-corrected chi connectivity index (χ0v) is 13.2. The van der Waals surface area contributed by atoms with E-state index >= 15 is 0 Å². The van der Waals surface area contributed by atoms with Crippen molar-refractivity contribution < 1.29 is 9.90 Å². The third kappa shape index (κ3) is 9.55. The Bertz CT molecular complexity index is 188. The molecule has 0 bridgehead atoms. The second-order valence-electron chi connectivity index (χ2n) is 4.21. The summed E-state index contributed by atoms with van der Waals surface area (Å²) in [7, 11) is 2.55. The van der Waals surface area contributed by atoms with Crippen LogP contribution in [0.5, 0.6) is 0 Å². The Labute approximate surface area is 109 Å². The summed E-state index contributed by atoms with van der Waals surface area (Å²) in [5.74, 6) is -0.161. The molecule has 4 heteroatoms. The first-order valence-corrected chi connectivity index (χ1v) is 7.28. The van der Waals surface area contributed by atoms with Crippen LogP contribution in [0.25, 0.3) is 0 Å². The predicted molar refractivity (Wildman–Crippen MR) is 78.2 cm³/mol. The van der Waals surface area contributed by atoms with Gasteiger partial charge in [0.05, 0.1) is 0 Å². The number of unbranched alkanes of at least 4 members (excludes halogenated alkanes) is 1. The summed E-state index contributed by atoms with van der Waals surface area (Å²) in [5, 5.41) is 8.98. The highest BCUT2D eigenvalue weighted by Crippen LogP contribution is 2.16. The van der Waals surface area contributed by atoms with Crippen LogP contribution in [0.4, 0.5) is 0 Å². The summed E-state index contributed by atoms with van der Waals surface area (Å²) in [5.41, 5.74) is 0. The number of carboxylic acid groups (broad SMARTS) is 1. The van der Waals surface area contributed by atoms with E-state index in [1.54, 1.807) is 0 Å². The number of carbonyl (C=O) groups is 1. The molecule has 0 aliphatic rings. The Morgan fingerprint density at radius 3 is 2.24 bits per heavy atom. The molecule has 0 fully saturated rings. The molecule has 0 aromatic carbocycles. The van der Waals surface area contributed by atoms with Crippen LogP contribution in [-0.4, -0.2) is 28.3 Å². The third-order valence-electron chi connectivity index (χ3n) is 2.65. The van der Waals surface area contributed by atoms with E-state index in [2.05, 4.69) is 23.2 Å². The molecule has 3 nitrogen and oxygen atoms in total. The summed E-state index contributed by atoms with van der Waals surface area (Å²) in [6.45, 7) is 11.1. The molecule has 0 aliphatic carbocycles. The highest BCUT2D eigenvalue weighted by Gasteiger charge is 2.21. The minimum absolute atomic E-state index is 0.362. The summed E-state index contributed by atoms with van der Waals surface area (Å²) in [6, 6.07) is -0.362. The lowest BCUT2D eigenvalue weighted by Crippen LogP contribution is -2.36. The van der Waals surface area contributed by atoms with Gasteiger partial charge in [-0.2, -0.15) is 0 Å². The van der Waals surface area contributed by atoms with E-state index in [0.29, 0.717) is 12.3 Å². The van der Waals surface area contributed by atoms with Crippen molar-refractivity contribution in [2.75, 3.05) is 6.54 Å². The maximum absolute atomic E-state index is 10.9. The maximum atomic E-state index is 10.9. The van der Waals surface area contributed by atoms with Gasteiger partial charge in [-0.25, -0.2) is 0 Å². The van der Waals surface area contributed by atoms with E-state index in [0.717, 1.165) is 6.54 Å². The van der Waals surface area contributed by atoms with Gasteiger partial charge in [0.2, 0.25) is 0 Å². The molecule has 17 heavy (non-hydrogen) atoms. The first-order chi connectivity index (χ1) is 8.02. The Balaban J connectivity index is 0. The van der Waals surface area contributed by atoms with Gasteiger partial charge < -0.3 is 5.11 Å². The van der Waals surface area contributed by atoms with Crippen molar-refractivity contribution in [3.63, 3.8) is 0 Å². The van der Waals surface area contributed by atoms with Gasteiger partial charge >= 0.3 is 5.97 Å². The van der Waals surface area contributed by atoms with Crippen LogP contribution < -0.4 is 0 Å². The molecule has 0 spiro atoms. The fourth-order valence-corrected chi connectivity index (χ4v) is 2.38. The maximum Gasteiger partial charge on any atom is 0.321 e. The molecule has 0 aliphatic heterocycles. The number of nitrogens with zero attached hydrogens (tertiary/aromatic N) is 1. The molecule has 1 N–H and O–H groups in total. The van der Waals surface area contributed by atoms with Crippen LogP contribution in [0, 0.1) is 5.92 Å². The quantitative estimate of drug-likeness (QED) is 0.677. The SMILES string of the molecule is CC.CCCCC(C)CN(P)C(CC)C(=O)O. The van der Waals surface area contributed by atoms with Crippen molar-refractivity contribution in [1.82, 2.24) is 4.67 Å². The molecule has 0 rings (SSSR count). The van der Waals surface area contributed by atoms with Gasteiger partial charge in [0.1, 0.15) is 6.04 Å². The summed E-state index contributed by atoms with van der Waals surface area (Å²) < 4.78 is 1.88. The van der Waals surface area contributed by atoms with E-state index < -0.39 is 5.97 Å². The van der Waals surface area contributed by atoms with Crippen molar-refractivity contribution in [1.29, 1.82) is 0 Å². The van der Waals surface area contributed by atoms with Crippen molar-refractivity contribution in [2.45, 2.75) is 66.3 Å². The molecule has 104 valence electrons. The van der Waals surface area contributed by atoms with Crippen LogP contribution in [0.2, 0.25) is 0 Å². The second kappa shape index (κ2) is 12.3. The van der Waals surface area contributed by atoms with Gasteiger partial charge in [0.15, 0.2) is 0 Å². The van der Waals surface area contributed by atoms with Crippen LogP contribution in [0.1, 0.15) is 60.3 Å². The van der Waals surface area contributed by atoms with Crippen molar-refractivity contribution >= 4 is 15.4 Å². The Morgan fingerprint density at radius 1 is 1.35 bits per heavy atom. The van der Waals surface area contributed by atoms with Crippen LogP contribution in [-0.2, 0) is 4.79 Å². The number of hydrogen-bond acceptors (Lipinski definition) is 2. The lowest BCUT2D eigenvalue weighted by Gasteiger charge is -2.26. The normalized spacial score (nSPS) is 13.8. The molecule has 0 saturated carbocycles. The average Bonchev–Trinajstić information content (AvgIpc) is 2.29. The Kier molecular flexibility index (Phi) is 13.9. The standard InChI is InChI=1S/C11H24NO2P.C2H6/c1-4-6-7-9(3)8-12(15)10(5-2)11(13)14;1-2/h9-10H,4-8,15H2,1-3H3,(H,13,14);1-2H3. The largest absolute Gasteiger partial charge is 0.480 e. The highest BCUT2D eigenvalue weighted by molar-refractivity contribution is 7.13. The van der Waals surface area contributed by atoms with Gasteiger partial charge in [-0.15, -0.1) is 0 Å². The number of hydrogen-bond donors (Lipinski definition) is 1. The molecule has 3 unspecified atom stereocenters. The molecule has 0 heterocycles. The van der Waals surface area contributed by atoms with E-state index in [9.17, 15) is 4.79 Å². The smallest absolute Gasteiger partial charge is 0.321 e. The lowest BCUT2D eigenvalue weighted by atomic mass is 10.0. The fourth-order valence-electron chi connectivity index (χ4n) is 1.68. The average molecular weight is 263 g/mol. The minimum atomic E-state index is -0.727. The summed E-state index contributed by atoms with van der Waals surface area (Å²) in [6.07, 6.45) is 4.26. The van der Waals surface area contributed by atoms with Gasteiger partial charge in [0, 0.05) is 6.54 Å². The molecule has 0 aromatic rings.